The first-order valence-electron chi connectivity index (χ1n) is 8.65. The van der Waals surface area contributed by atoms with E-state index < -0.39 is 0 Å². The summed E-state index contributed by atoms with van der Waals surface area (Å²) >= 11 is 0. The summed E-state index contributed by atoms with van der Waals surface area (Å²) in [6.45, 7) is 10.3. The van der Waals surface area contributed by atoms with Crippen LogP contribution in [0.3, 0.4) is 0 Å². The van der Waals surface area contributed by atoms with Crippen LogP contribution < -0.4 is 5.32 Å². The van der Waals surface area contributed by atoms with Gasteiger partial charge in [0, 0.05) is 38.6 Å². The molecule has 0 bridgehead atoms. The van der Waals surface area contributed by atoms with Gasteiger partial charge in [-0.05, 0) is 31.1 Å². The molecule has 0 aromatic carbocycles. The third-order valence-electron chi connectivity index (χ3n) is 4.63. The quantitative estimate of drug-likeness (QED) is 0.859. The lowest BCUT2D eigenvalue weighted by atomic mass is 9.89. The molecule has 2 aliphatic rings. The van der Waals surface area contributed by atoms with E-state index in [1.165, 1.54) is 0 Å². The van der Waals surface area contributed by atoms with E-state index in [0.29, 0.717) is 13.0 Å². The fourth-order valence-electron chi connectivity index (χ4n) is 3.37. The summed E-state index contributed by atoms with van der Waals surface area (Å²) < 4.78 is 0. The van der Waals surface area contributed by atoms with E-state index in [-0.39, 0.29) is 23.3 Å². The van der Waals surface area contributed by atoms with Crippen molar-refractivity contribution in [2.75, 3.05) is 32.7 Å². The number of carbonyl (C=O) groups is 2. The first-order valence-corrected chi connectivity index (χ1v) is 8.65. The van der Waals surface area contributed by atoms with Crippen molar-refractivity contribution in [3.05, 3.63) is 0 Å². The molecule has 22 heavy (non-hydrogen) atoms. The lowest BCUT2D eigenvalue weighted by molar-refractivity contribution is -0.140. The highest BCUT2D eigenvalue weighted by atomic mass is 16.2. The predicted molar refractivity (Wildman–Crippen MR) is 87.5 cm³/mol. The zero-order valence-corrected chi connectivity index (χ0v) is 14.4. The molecule has 2 saturated heterocycles. The van der Waals surface area contributed by atoms with Gasteiger partial charge in [-0.1, -0.05) is 20.8 Å². The van der Waals surface area contributed by atoms with E-state index in [1.807, 2.05) is 9.80 Å². The number of piperidine rings is 1. The molecule has 2 rings (SSSR count). The number of piperazine rings is 1. The maximum Gasteiger partial charge on any atom is 0.236 e. The molecule has 0 aliphatic carbocycles. The molecule has 2 heterocycles. The second kappa shape index (κ2) is 7.44. The number of amides is 2. The van der Waals surface area contributed by atoms with Crippen LogP contribution in [0.25, 0.3) is 0 Å². The number of nitrogens with one attached hydrogen (secondary N) is 1. The van der Waals surface area contributed by atoms with Crippen LogP contribution in [-0.4, -0.2) is 60.4 Å². The normalized spacial score (nSPS) is 23.8. The Morgan fingerprint density at radius 2 is 2.09 bits per heavy atom. The van der Waals surface area contributed by atoms with Gasteiger partial charge < -0.3 is 15.1 Å². The van der Waals surface area contributed by atoms with Crippen LogP contribution >= 0.6 is 0 Å². The Labute approximate surface area is 134 Å². The van der Waals surface area contributed by atoms with Gasteiger partial charge in [0.2, 0.25) is 11.8 Å². The molecule has 0 radical (unpaired) electrons. The van der Waals surface area contributed by atoms with Gasteiger partial charge in [0.25, 0.3) is 0 Å². The number of rotatable bonds is 4. The minimum Gasteiger partial charge on any atom is -0.341 e. The van der Waals surface area contributed by atoms with E-state index in [4.69, 9.17) is 0 Å². The predicted octanol–water partition coefficient (Wildman–Crippen LogP) is 1.63. The van der Waals surface area contributed by atoms with Crippen LogP contribution in [0.1, 0.15) is 52.9 Å². The minimum absolute atomic E-state index is 0.179. The summed E-state index contributed by atoms with van der Waals surface area (Å²) in [5.41, 5.74) is 0.290. The van der Waals surface area contributed by atoms with E-state index in [9.17, 15) is 9.59 Å². The van der Waals surface area contributed by atoms with Gasteiger partial charge in [0.1, 0.15) is 0 Å². The smallest absolute Gasteiger partial charge is 0.236 e. The molecule has 2 amide bonds. The highest BCUT2D eigenvalue weighted by molar-refractivity contribution is 5.80. The summed E-state index contributed by atoms with van der Waals surface area (Å²) in [5.74, 6) is 0.440. The summed E-state index contributed by atoms with van der Waals surface area (Å²) in [4.78, 5) is 28.4. The first-order chi connectivity index (χ1) is 10.4. The monoisotopic (exact) mass is 309 g/mol. The molecule has 1 unspecified atom stereocenters. The van der Waals surface area contributed by atoms with E-state index in [1.54, 1.807) is 0 Å². The summed E-state index contributed by atoms with van der Waals surface area (Å²) in [7, 11) is 0. The molecule has 1 atom stereocenters. The van der Waals surface area contributed by atoms with Crippen molar-refractivity contribution in [3.63, 3.8) is 0 Å². The third kappa shape index (κ3) is 4.97. The number of hydrogen-bond donors (Lipinski definition) is 1. The zero-order chi connectivity index (χ0) is 16.2. The van der Waals surface area contributed by atoms with Gasteiger partial charge >= 0.3 is 0 Å². The van der Waals surface area contributed by atoms with Crippen LogP contribution in [-0.2, 0) is 9.59 Å². The Morgan fingerprint density at radius 1 is 1.32 bits per heavy atom. The second-order valence-corrected chi connectivity index (χ2v) is 7.81. The maximum absolute atomic E-state index is 12.4. The summed E-state index contributed by atoms with van der Waals surface area (Å²) in [5, 5.41) is 3.11. The molecular formula is C17H31N3O2. The summed E-state index contributed by atoms with van der Waals surface area (Å²) in [6, 6.07) is 0.218. The van der Waals surface area contributed by atoms with Crippen LogP contribution in [0, 0.1) is 5.41 Å². The van der Waals surface area contributed by atoms with Gasteiger partial charge in [-0.2, -0.15) is 0 Å². The third-order valence-corrected chi connectivity index (χ3v) is 4.63. The Hall–Kier alpha value is -1.10. The van der Waals surface area contributed by atoms with Crippen LogP contribution in [0.15, 0.2) is 0 Å². The van der Waals surface area contributed by atoms with Crippen LogP contribution in [0.4, 0.5) is 0 Å². The zero-order valence-electron chi connectivity index (χ0n) is 14.4. The van der Waals surface area contributed by atoms with Crippen molar-refractivity contribution in [1.82, 2.24) is 15.1 Å². The maximum atomic E-state index is 12.4. The van der Waals surface area contributed by atoms with Crippen LogP contribution in [0.2, 0.25) is 0 Å². The average molecular weight is 309 g/mol. The molecule has 0 aromatic heterocycles. The number of likely N-dealkylation sites (tertiary alicyclic amines) is 1. The van der Waals surface area contributed by atoms with Gasteiger partial charge in [-0.3, -0.25) is 9.59 Å². The van der Waals surface area contributed by atoms with E-state index in [2.05, 4.69) is 26.1 Å². The van der Waals surface area contributed by atoms with Gasteiger partial charge in [0.05, 0.1) is 6.54 Å². The highest BCUT2D eigenvalue weighted by Crippen LogP contribution is 2.23. The Morgan fingerprint density at radius 3 is 2.77 bits per heavy atom. The SMILES string of the molecule is CC(C)(C)CCCC(=O)N1CCCC(N2CCNCC2=O)C1. The molecule has 126 valence electrons. The molecular weight excluding hydrogens is 278 g/mol. The van der Waals surface area contributed by atoms with Crippen molar-refractivity contribution in [1.29, 1.82) is 0 Å². The molecule has 0 spiro atoms. The van der Waals surface area contributed by atoms with Crippen molar-refractivity contribution >= 4 is 11.8 Å². The largest absolute Gasteiger partial charge is 0.341 e. The van der Waals surface area contributed by atoms with Crippen molar-refractivity contribution in [2.45, 2.75) is 58.9 Å². The van der Waals surface area contributed by atoms with Gasteiger partial charge in [-0.25, -0.2) is 0 Å². The van der Waals surface area contributed by atoms with Crippen LogP contribution in [0.5, 0.6) is 0 Å². The van der Waals surface area contributed by atoms with E-state index >= 15 is 0 Å². The number of carbonyl (C=O) groups excluding carboxylic acids is 2. The summed E-state index contributed by atoms with van der Waals surface area (Å²) in [6.07, 6.45) is 4.70. The Kier molecular flexibility index (Phi) is 5.84. The lowest BCUT2D eigenvalue weighted by Gasteiger charge is -2.41. The molecule has 1 N–H and O–H groups in total. The number of hydrogen-bond acceptors (Lipinski definition) is 3. The molecule has 2 aliphatic heterocycles. The van der Waals surface area contributed by atoms with Crippen molar-refractivity contribution in [3.8, 4) is 0 Å². The topological polar surface area (TPSA) is 52.7 Å². The fourth-order valence-corrected chi connectivity index (χ4v) is 3.37. The second-order valence-electron chi connectivity index (χ2n) is 7.81. The molecule has 2 fully saturated rings. The van der Waals surface area contributed by atoms with Gasteiger partial charge in [-0.15, -0.1) is 0 Å². The lowest BCUT2D eigenvalue weighted by Crippen LogP contribution is -2.57. The van der Waals surface area contributed by atoms with Crippen molar-refractivity contribution < 1.29 is 9.59 Å². The van der Waals surface area contributed by atoms with Crippen molar-refractivity contribution in [2.24, 2.45) is 5.41 Å². The standard InChI is InChI=1S/C17H31N3O2/c1-17(2,3)8-4-7-15(21)19-10-5-6-14(13-19)20-11-9-18-12-16(20)22/h14,18H,4-13H2,1-3H3. The molecule has 5 nitrogen and oxygen atoms in total. The fraction of sp³-hybridized carbons (Fsp3) is 0.882. The van der Waals surface area contributed by atoms with E-state index in [0.717, 1.165) is 51.9 Å². The molecule has 5 heteroatoms. The highest BCUT2D eigenvalue weighted by Gasteiger charge is 2.31. The number of nitrogens with zero attached hydrogens (tertiary/aromatic N) is 2. The van der Waals surface area contributed by atoms with Gasteiger partial charge in [0.15, 0.2) is 0 Å². The first kappa shape index (κ1) is 17.3. The Bertz CT molecular complexity index is 403. The average Bonchev–Trinajstić information content (AvgIpc) is 2.46. The molecule has 0 saturated carbocycles. The Balaban J connectivity index is 1.82. The molecule has 0 aromatic rings. The minimum atomic E-state index is 0.179.